The molecule has 1 heteroatoms. The first-order chi connectivity index (χ1) is 7.81. The molecule has 0 aromatic rings. The summed E-state index contributed by atoms with van der Waals surface area (Å²) in [5.41, 5.74) is 1.19. The topological polar surface area (TPSA) is 17.1 Å². The van der Waals surface area contributed by atoms with E-state index in [0.29, 0.717) is 11.7 Å². The summed E-state index contributed by atoms with van der Waals surface area (Å²) in [5, 5.41) is 0. The zero-order chi connectivity index (χ0) is 11.1. The Kier molecular flexibility index (Phi) is 2.65. The molecule has 3 fully saturated rings. The Morgan fingerprint density at radius 1 is 1.06 bits per heavy atom. The highest BCUT2D eigenvalue weighted by Crippen LogP contribution is 2.53. The van der Waals surface area contributed by atoms with Crippen LogP contribution < -0.4 is 0 Å². The molecule has 3 rings (SSSR count). The first kappa shape index (κ1) is 10.6. The quantitative estimate of drug-likeness (QED) is 0.566. The molecular weight excluding hydrogens is 196 g/mol. The fourth-order valence-corrected chi connectivity index (χ4v) is 4.74. The molecule has 0 aromatic heterocycles. The summed E-state index contributed by atoms with van der Waals surface area (Å²) in [6.45, 7) is 2.06. The lowest BCUT2D eigenvalue weighted by molar-refractivity contribution is -0.122. The first-order valence-corrected chi connectivity index (χ1v) is 7.00. The van der Waals surface area contributed by atoms with Crippen LogP contribution in [-0.4, -0.2) is 5.78 Å². The summed E-state index contributed by atoms with van der Waals surface area (Å²) in [6.07, 6.45) is 11.2. The minimum Gasteiger partial charge on any atom is -0.295 e. The number of hydrogen-bond acceptors (Lipinski definition) is 1. The molecular formula is C15H22O. The van der Waals surface area contributed by atoms with Crippen molar-refractivity contribution in [3.8, 4) is 0 Å². The lowest BCUT2D eigenvalue weighted by atomic mass is 9.55. The second-order valence-corrected chi connectivity index (χ2v) is 5.94. The van der Waals surface area contributed by atoms with Crippen molar-refractivity contribution >= 4 is 5.78 Å². The Morgan fingerprint density at radius 3 is 2.50 bits per heavy atom. The molecule has 3 saturated carbocycles. The van der Waals surface area contributed by atoms with Crippen LogP contribution >= 0.6 is 0 Å². The van der Waals surface area contributed by atoms with Crippen molar-refractivity contribution in [3.63, 3.8) is 0 Å². The van der Waals surface area contributed by atoms with Crippen LogP contribution in [0.2, 0.25) is 0 Å². The average Bonchev–Trinajstić information content (AvgIpc) is 2.30. The predicted molar refractivity (Wildman–Crippen MR) is 65.0 cm³/mol. The fourth-order valence-electron chi connectivity index (χ4n) is 4.74. The highest BCUT2D eigenvalue weighted by atomic mass is 16.1. The van der Waals surface area contributed by atoms with Crippen LogP contribution in [0.4, 0.5) is 0 Å². The van der Waals surface area contributed by atoms with Gasteiger partial charge in [0.15, 0.2) is 5.78 Å². The Hall–Kier alpha value is -0.590. The van der Waals surface area contributed by atoms with E-state index < -0.39 is 0 Å². The predicted octanol–water partition coefficient (Wildman–Crippen LogP) is 3.74. The first-order valence-electron chi connectivity index (χ1n) is 7.00. The molecule has 0 N–H and O–H groups in total. The Bertz CT molecular complexity index is 326. The van der Waals surface area contributed by atoms with Gasteiger partial charge in [0.25, 0.3) is 0 Å². The normalized spacial score (nSPS) is 45.6. The van der Waals surface area contributed by atoms with Gasteiger partial charge in [0, 0.05) is 6.42 Å². The standard InChI is InChI=1S/C15H22O/c1-2-12-13-8-4-6-10-5-3-7-11(15(10)13)9-14(12)16/h2,10-11,13,15H,3-9H2,1H3/b12-2-. The van der Waals surface area contributed by atoms with Crippen LogP contribution in [0.25, 0.3) is 0 Å². The van der Waals surface area contributed by atoms with Crippen molar-refractivity contribution in [2.75, 3.05) is 0 Å². The van der Waals surface area contributed by atoms with Crippen molar-refractivity contribution < 1.29 is 4.79 Å². The van der Waals surface area contributed by atoms with Crippen LogP contribution in [0.1, 0.15) is 51.9 Å². The highest BCUT2D eigenvalue weighted by molar-refractivity contribution is 5.96. The molecule has 0 aliphatic heterocycles. The van der Waals surface area contributed by atoms with Crippen molar-refractivity contribution in [2.24, 2.45) is 23.7 Å². The largest absolute Gasteiger partial charge is 0.295 e. The molecule has 16 heavy (non-hydrogen) atoms. The van der Waals surface area contributed by atoms with E-state index in [1.54, 1.807) is 0 Å². The summed E-state index contributed by atoms with van der Waals surface area (Å²) in [5.74, 6) is 3.65. The SMILES string of the molecule is C/C=C1\C(=O)CC2CCCC3CCCC1C32. The van der Waals surface area contributed by atoms with Crippen LogP contribution in [0.15, 0.2) is 11.6 Å². The number of rotatable bonds is 0. The molecule has 4 unspecified atom stereocenters. The van der Waals surface area contributed by atoms with E-state index in [9.17, 15) is 4.79 Å². The lowest BCUT2D eigenvalue weighted by Gasteiger charge is -2.49. The molecule has 0 bridgehead atoms. The zero-order valence-corrected chi connectivity index (χ0v) is 10.2. The molecule has 1 nitrogen and oxygen atoms in total. The summed E-state index contributed by atoms with van der Waals surface area (Å²) >= 11 is 0. The van der Waals surface area contributed by atoms with E-state index in [1.165, 1.54) is 44.1 Å². The van der Waals surface area contributed by atoms with E-state index in [1.807, 2.05) is 0 Å². The molecule has 3 aliphatic carbocycles. The van der Waals surface area contributed by atoms with Gasteiger partial charge >= 0.3 is 0 Å². The Morgan fingerprint density at radius 2 is 1.75 bits per heavy atom. The van der Waals surface area contributed by atoms with Gasteiger partial charge in [-0.3, -0.25) is 4.79 Å². The number of allylic oxidation sites excluding steroid dienone is 2. The van der Waals surface area contributed by atoms with Crippen LogP contribution in [0.3, 0.4) is 0 Å². The molecule has 4 atom stereocenters. The number of hydrogen-bond donors (Lipinski definition) is 0. The molecule has 0 saturated heterocycles. The van der Waals surface area contributed by atoms with E-state index in [2.05, 4.69) is 13.0 Å². The molecule has 3 aliphatic rings. The minimum absolute atomic E-state index is 0.469. The van der Waals surface area contributed by atoms with Gasteiger partial charge in [-0.1, -0.05) is 31.8 Å². The van der Waals surface area contributed by atoms with E-state index >= 15 is 0 Å². The van der Waals surface area contributed by atoms with Gasteiger partial charge in [-0.05, 0) is 49.0 Å². The van der Waals surface area contributed by atoms with Crippen molar-refractivity contribution in [2.45, 2.75) is 51.9 Å². The van der Waals surface area contributed by atoms with Crippen molar-refractivity contribution in [1.29, 1.82) is 0 Å². The Balaban J connectivity index is 1.94. The minimum atomic E-state index is 0.469. The van der Waals surface area contributed by atoms with Gasteiger partial charge in [0.2, 0.25) is 0 Å². The lowest BCUT2D eigenvalue weighted by Crippen LogP contribution is -2.44. The van der Waals surface area contributed by atoms with Crippen LogP contribution in [0.5, 0.6) is 0 Å². The second-order valence-electron chi connectivity index (χ2n) is 5.94. The Labute approximate surface area is 98.3 Å². The monoisotopic (exact) mass is 218 g/mol. The second kappa shape index (κ2) is 4.01. The highest BCUT2D eigenvalue weighted by Gasteiger charge is 2.46. The average molecular weight is 218 g/mol. The van der Waals surface area contributed by atoms with Gasteiger partial charge in [0.1, 0.15) is 0 Å². The van der Waals surface area contributed by atoms with Crippen LogP contribution in [0, 0.1) is 23.7 Å². The number of carbonyl (C=O) groups excluding carboxylic acids is 1. The van der Waals surface area contributed by atoms with E-state index in [4.69, 9.17) is 0 Å². The van der Waals surface area contributed by atoms with Gasteiger partial charge in [-0.2, -0.15) is 0 Å². The van der Waals surface area contributed by atoms with Gasteiger partial charge in [-0.15, -0.1) is 0 Å². The maximum Gasteiger partial charge on any atom is 0.159 e. The fraction of sp³-hybridized carbons (Fsp3) is 0.800. The molecule has 0 heterocycles. The third-order valence-corrected chi connectivity index (χ3v) is 5.27. The number of Topliss-reactive ketones (excluding diaryl/α,β-unsaturated/α-hetero) is 1. The van der Waals surface area contributed by atoms with Gasteiger partial charge < -0.3 is 0 Å². The third kappa shape index (κ3) is 1.48. The van der Waals surface area contributed by atoms with Gasteiger partial charge in [0.05, 0.1) is 0 Å². The summed E-state index contributed by atoms with van der Waals surface area (Å²) in [7, 11) is 0. The summed E-state index contributed by atoms with van der Waals surface area (Å²) < 4.78 is 0. The van der Waals surface area contributed by atoms with Crippen molar-refractivity contribution in [3.05, 3.63) is 11.6 Å². The molecule has 88 valence electrons. The summed E-state index contributed by atoms with van der Waals surface area (Å²) in [4.78, 5) is 12.1. The maximum atomic E-state index is 12.1. The number of ketones is 1. The molecule has 0 spiro atoms. The molecule has 0 amide bonds. The molecule has 0 radical (unpaired) electrons. The van der Waals surface area contributed by atoms with Crippen LogP contribution in [-0.2, 0) is 4.79 Å². The van der Waals surface area contributed by atoms with E-state index in [-0.39, 0.29) is 0 Å². The van der Waals surface area contributed by atoms with E-state index in [0.717, 1.165) is 24.2 Å². The smallest absolute Gasteiger partial charge is 0.159 e. The third-order valence-electron chi connectivity index (χ3n) is 5.27. The van der Waals surface area contributed by atoms with Crippen molar-refractivity contribution in [1.82, 2.24) is 0 Å². The molecule has 0 aromatic carbocycles. The maximum absolute atomic E-state index is 12.1. The zero-order valence-electron chi connectivity index (χ0n) is 10.2. The summed E-state index contributed by atoms with van der Waals surface area (Å²) in [6, 6.07) is 0. The van der Waals surface area contributed by atoms with Gasteiger partial charge in [-0.25, -0.2) is 0 Å². The number of carbonyl (C=O) groups is 1.